The van der Waals surface area contributed by atoms with Crippen molar-refractivity contribution in [1.82, 2.24) is 0 Å². The Bertz CT molecular complexity index is 621. The van der Waals surface area contributed by atoms with Crippen LogP contribution in [-0.2, 0) is 23.4 Å². The molecule has 0 radical (unpaired) electrons. The van der Waals surface area contributed by atoms with Crippen LogP contribution < -0.4 is 0 Å². The minimum atomic E-state index is -2.00. The van der Waals surface area contributed by atoms with Crippen molar-refractivity contribution >= 4 is 22.7 Å². The lowest BCUT2D eigenvalue weighted by Crippen LogP contribution is -2.46. The van der Waals surface area contributed by atoms with E-state index in [1.54, 1.807) is 7.11 Å². The Hall–Kier alpha value is -0.316. The fourth-order valence-electron chi connectivity index (χ4n) is 3.94. The third-order valence-electron chi connectivity index (χ3n) is 7.30. The van der Waals surface area contributed by atoms with Crippen molar-refractivity contribution in [1.29, 1.82) is 0 Å². The first-order valence-electron chi connectivity index (χ1n) is 12.6. The van der Waals surface area contributed by atoms with Crippen molar-refractivity contribution in [2.24, 2.45) is 11.8 Å². The van der Waals surface area contributed by atoms with Gasteiger partial charge >= 0.3 is 0 Å². The van der Waals surface area contributed by atoms with Gasteiger partial charge in [0, 0.05) is 27.7 Å². The second-order valence-electron chi connectivity index (χ2n) is 12.6. The van der Waals surface area contributed by atoms with E-state index in [1.807, 2.05) is 6.92 Å². The maximum Gasteiger partial charge on any atom is 0.192 e. The molecule has 0 bridgehead atoms. The summed E-state index contributed by atoms with van der Waals surface area (Å²) in [6, 6.07) is 1.15. The van der Waals surface area contributed by atoms with Crippen LogP contribution in [0.1, 0.15) is 53.9 Å². The Morgan fingerprint density at radius 1 is 1.09 bits per heavy atom. The number of hydrogen-bond acceptors (Lipinski definition) is 5. The molecule has 1 saturated carbocycles. The molecule has 0 saturated heterocycles. The SMILES string of the molecule is CO[C@@H]1C[C@H](/C=C(\C)[C@@H](O[Si](C)(C)C(C)(C)C)[C@H](C)C=O)CC[C@H]1OCOCC[Si](C)(C)C. The summed E-state index contributed by atoms with van der Waals surface area (Å²) in [6.45, 7) is 23.5. The normalized spacial score (nSPS) is 25.1. The van der Waals surface area contributed by atoms with Crippen LogP contribution in [0, 0.1) is 11.8 Å². The largest absolute Gasteiger partial charge is 0.410 e. The van der Waals surface area contributed by atoms with Gasteiger partial charge in [0.2, 0.25) is 0 Å². The van der Waals surface area contributed by atoms with Gasteiger partial charge in [-0.15, -0.1) is 0 Å². The molecular weight excluding hydrogens is 448 g/mol. The number of rotatable bonds is 13. The Morgan fingerprint density at radius 2 is 1.73 bits per heavy atom. The quantitative estimate of drug-likeness (QED) is 0.0929. The molecule has 0 heterocycles. The zero-order valence-electron chi connectivity index (χ0n) is 23.3. The first-order valence-corrected chi connectivity index (χ1v) is 19.3. The van der Waals surface area contributed by atoms with E-state index in [1.165, 1.54) is 0 Å². The van der Waals surface area contributed by atoms with E-state index < -0.39 is 16.4 Å². The smallest absolute Gasteiger partial charge is 0.192 e. The molecule has 0 aromatic heterocycles. The van der Waals surface area contributed by atoms with E-state index in [2.05, 4.69) is 66.5 Å². The summed E-state index contributed by atoms with van der Waals surface area (Å²) in [4.78, 5) is 11.7. The van der Waals surface area contributed by atoms with Gasteiger partial charge in [-0.3, -0.25) is 0 Å². The van der Waals surface area contributed by atoms with Gasteiger partial charge in [0.25, 0.3) is 0 Å². The van der Waals surface area contributed by atoms with Gasteiger partial charge in [-0.2, -0.15) is 0 Å². The van der Waals surface area contributed by atoms with E-state index in [9.17, 15) is 4.79 Å². The average Bonchev–Trinajstić information content (AvgIpc) is 2.70. The molecule has 0 aromatic carbocycles. The molecular formula is C26H52O5Si2. The number of hydrogen-bond donors (Lipinski definition) is 0. The van der Waals surface area contributed by atoms with Crippen LogP contribution in [0.2, 0.25) is 43.8 Å². The van der Waals surface area contributed by atoms with Crippen molar-refractivity contribution in [3.63, 3.8) is 0 Å². The summed E-state index contributed by atoms with van der Waals surface area (Å²) in [6.07, 6.45) is 6.20. The third kappa shape index (κ3) is 10.5. The van der Waals surface area contributed by atoms with Crippen LogP contribution in [0.3, 0.4) is 0 Å². The van der Waals surface area contributed by atoms with Crippen LogP contribution in [0.15, 0.2) is 11.6 Å². The number of methoxy groups -OCH3 is 1. The van der Waals surface area contributed by atoms with E-state index in [4.69, 9.17) is 18.6 Å². The first kappa shape index (κ1) is 30.7. The molecule has 0 unspecified atom stereocenters. The Balaban J connectivity index is 2.75. The lowest BCUT2D eigenvalue weighted by atomic mass is 9.83. The molecule has 0 amide bonds. The summed E-state index contributed by atoms with van der Waals surface area (Å²) < 4.78 is 24.3. The van der Waals surface area contributed by atoms with Crippen molar-refractivity contribution < 1.29 is 23.4 Å². The number of carbonyl (C=O) groups excluding carboxylic acids is 1. The van der Waals surface area contributed by atoms with Crippen molar-refractivity contribution in [2.75, 3.05) is 20.5 Å². The summed E-state index contributed by atoms with van der Waals surface area (Å²) >= 11 is 0. The van der Waals surface area contributed by atoms with Gasteiger partial charge in [0.15, 0.2) is 8.32 Å². The van der Waals surface area contributed by atoms with Crippen molar-refractivity contribution in [3.8, 4) is 0 Å². The molecule has 1 aliphatic rings. The third-order valence-corrected chi connectivity index (χ3v) is 13.5. The van der Waals surface area contributed by atoms with E-state index in [-0.39, 0.29) is 29.3 Å². The van der Waals surface area contributed by atoms with Gasteiger partial charge in [-0.05, 0) is 61.9 Å². The maximum absolute atomic E-state index is 11.7. The van der Waals surface area contributed by atoms with Crippen molar-refractivity contribution in [2.45, 2.75) is 116 Å². The summed E-state index contributed by atoms with van der Waals surface area (Å²) in [7, 11) is -1.31. The summed E-state index contributed by atoms with van der Waals surface area (Å²) in [5.74, 6) is 0.230. The molecule has 1 rings (SSSR count). The second kappa shape index (κ2) is 13.1. The Labute approximate surface area is 206 Å². The molecule has 0 N–H and O–H groups in total. The van der Waals surface area contributed by atoms with E-state index in [0.717, 1.165) is 43.8 Å². The van der Waals surface area contributed by atoms with Gasteiger partial charge in [-0.1, -0.05) is 53.4 Å². The lowest BCUT2D eigenvalue weighted by molar-refractivity contribution is -0.144. The van der Waals surface area contributed by atoms with Crippen LogP contribution in [-0.4, -0.2) is 61.5 Å². The highest BCUT2D eigenvalue weighted by molar-refractivity contribution is 6.76. The van der Waals surface area contributed by atoms with Gasteiger partial charge in [-0.25, -0.2) is 0 Å². The minimum absolute atomic E-state index is 0.0524. The molecule has 5 nitrogen and oxygen atoms in total. The van der Waals surface area contributed by atoms with Crippen LogP contribution in [0.25, 0.3) is 0 Å². The van der Waals surface area contributed by atoms with Gasteiger partial charge in [0.1, 0.15) is 13.1 Å². The molecule has 194 valence electrons. The topological polar surface area (TPSA) is 54.0 Å². The average molecular weight is 501 g/mol. The molecule has 33 heavy (non-hydrogen) atoms. The predicted octanol–water partition coefficient (Wildman–Crippen LogP) is 6.67. The zero-order chi connectivity index (χ0) is 25.4. The Morgan fingerprint density at radius 3 is 2.24 bits per heavy atom. The molecule has 0 spiro atoms. The molecule has 1 aliphatic carbocycles. The monoisotopic (exact) mass is 500 g/mol. The lowest BCUT2D eigenvalue weighted by Gasteiger charge is -2.41. The maximum atomic E-state index is 11.7. The van der Waals surface area contributed by atoms with E-state index in [0.29, 0.717) is 12.7 Å². The molecule has 0 aromatic rings. The highest BCUT2D eigenvalue weighted by Crippen LogP contribution is 2.39. The summed E-state index contributed by atoms with van der Waals surface area (Å²) in [5.41, 5.74) is 1.16. The summed E-state index contributed by atoms with van der Waals surface area (Å²) in [5, 5.41) is 0.0990. The van der Waals surface area contributed by atoms with Crippen LogP contribution in [0.5, 0.6) is 0 Å². The number of ether oxygens (including phenoxy) is 3. The van der Waals surface area contributed by atoms with E-state index >= 15 is 0 Å². The van der Waals surface area contributed by atoms with Gasteiger partial charge in [0.05, 0.1) is 18.3 Å². The highest BCUT2D eigenvalue weighted by atomic mass is 28.4. The number of aldehydes is 1. The first-order chi connectivity index (χ1) is 15.1. The zero-order valence-corrected chi connectivity index (χ0v) is 25.3. The standard InChI is InChI=1S/C26H52O5Si2/c1-20(25(21(2)18-27)31-33(10,11)26(3,4)5)16-22-12-13-23(24(17-22)28-6)30-19-29-14-15-32(7,8)9/h16,18,21-25H,12-15,17,19H2,1-11H3/b20-16+/t21-,22+,23-,24-,25-/m1/s1. The molecule has 1 fully saturated rings. The Kier molecular flexibility index (Phi) is 12.2. The fraction of sp³-hybridized carbons (Fsp3) is 0.885. The molecule has 5 atom stereocenters. The van der Waals surface area contributed by atoms with Crippen molar-refractivity contribution in [3.05, 3.63) is 11.6 Å². The molecule has 7 heteroatoms. The fourth-order valence-corrected chi connectivity index (χ4v) is 6.09. The number of allylic oxidation sites excluding steroid dienone is 1. The van der Waals surface area contributed by atoms with Crippen LogP contribution in [0.4, 0.5) is 0 Å². The highest BCUT2D eigenvalue weighted by Gasteiger charge is 2.41. The second-order valence-corrected chi connectivity index (χ2v) is 23.0. The van der Waals surface area contributed by atoms with Crippen LogP contribution >= 0.6 is 0 Å². The molecule has 0 aliphatic heterocycles. The predicted molar refractivity (Wildman–Crippen MR) is 143 cm³/mol. The number of carbonyl (C=O) groups is 1. The van der Waals surface area contributed by atoms with Gasteiger partial charge < -0.3 is 23.4 Å². The minimum Gasteiger partial charge on any atom is -0.410 e.